The Labute approximate surface area is 177 Å². The van der Waals surface area contributed by atoms with E-state index in [0.717, 1.165) is 56.2 Å². The molecule has 1 aliphatic carbocycles. The Morgan fingerprint density at radius 3 is 2.79 bits per heavy atom. The van der Waals surface area contributed by atoms with Crippen molar-refractivity contribution in [2.75, 3.05) is 0 Å². The summed E-state index contributed by atoms with van der Waals surface area (Å²) in [7, 11) is 0. The first-order chi connectivity index (χ1) is 13.4. The maximum atomic E-state index is 11.0. The first kappa shape index (κ1) is 23.4. The molecular formula is C22H33ClO4S. The van der Waals surface area contributed by atoms with Crippen molar-refractivity contribution in [2.24, 2.45) is 11.8 Å². The van der Waals surface area contributed by atoms with Gasteiger partial charge in [-0.15, -0.1) is 22.9 Å². The van der Waals surface area contributed by atoms with E-state index in [2.05, 4.69) is 6.92 Å². The van der Waals surface area contributed by atoms with Gasteiger partial charge in [0.05, 0.1) is 12.2 Å². The highest BCUT2D eigenvalue weighted by molar-refractivity contribution is 7.13. The van der Waals surface area contributed by atoms with Crippen molar-refractivity contribution >= 4 is 28.9 Å². The van der Waals surface area contributed by atoms with Crippen LogP contribution in [0.2, 0.25) is 0 Å². The van der Waals surface area contributed by atoms with Gasteiger partial charge in [-0.2, -0.15) is 0 Å². The molecule has 6 heteroatoms. The number of halogens is 1. The highest BCUT2D eigenvalue weighted by Gasteiger charge is 2.39. The van der Waals surface area contributed by atoms with Gasteiger partial charge in [0.2, 0.25) is 0 Å². The van der Waals surface area contributed by atoms with Crippen LogP contribution < -0.4 is 0 Å². The zero-order chi connectivity index (χ0) is 20.5. The molecule has 2 rings (SSSR count). The van der Waals surface area contributed by atoms with Gasteiger partial charge in [0.25, 0.3) is 0 Å². The van der Waals surface area contributed by atoms with Gasteiger partial charge in [0.1, 0.15) is 4.88 Å². The van der Waals surface area contributed by atoms with Crippen molar-refractivity contribution in [3.8, 4) is 0 Å². The van der Waals surface area contributed by atoms with Gasteiger partial charge in [0, 0.05) is 16.2 Å². The van der Waals surface area contributed by atoms with E-state index in [0.29, 0.717) is 11.3 Å². The number of rotatable bonds is 12. The van der Waals surface area contributed by atoms with Crippen LogP contribution in [0.4, 0.5) is 0 Å². The van der Waals surface area contributed by atoms with E-state index in [9.17, 15) is 15.0 Å². The van der Waals surface area contributed by atoms with Crippen molar-refractivity contribution in [1.29, 1.82) is 0 Å². The van der Waals surface area contributed by atoms with Gasteiger partial charge in [-0.1, -0.05) is 44.8 Å². The minimum absolute atomic E-state index is 0.00340. The number of hydrogen-bond acceptors (Lipinski definition) is 4. The lowest BCUT2D eigenvalue weighted by Crippen LogP contribution is -2.19. The topological polar surface area (TPSA) is 77.8 Å². The number of aliphatic hydroxyl groups is 2. The monoisotopic (exact) mass is 428 g/mol. The zero-order valence-electron chi connectivity index (χ0n) is 16.6. The quantitative estimate of drug-likeness (QED) is 0.241. The van der Waals surface area contributed by atoms with Crippen LogP contribution in [0.25, 0.3) is 0 Å². The number of carboxylic acids is 1. The molecule has 28 heavy (non-hydrogen) atoms. The summed E-state index contributed by atoms with van der Waals surface area (Å²) >= 11 is 7.84. The van der Waals surface area contributed by atoms with Crippen LogP contribution in [0, 0.1) is 11.8 Å². The van der Waals surface area contributed by atoms with Gasteiger partial charge in [-0.05, 0) is 50.2 Å². The number of aromatic carboxylic acids is 1. The first-order valence-corrected chi connectivity index (χ1v) is 11.7. The summed E-state index contributed by atoms with van der Waals surface area (Å²) in [6.07, 6.45) is 11.3. The molecule has 158 valence electrons. The summed E-state index contributed by atoms with van der Waals surface area (Å²) in [6.45, 7) is 2.14. The van der Waals surface area contributed by atoms with E-state index < -0.39 is 18.2 Å². The standard InChI is InChI=1S/C22H33ClO4S/c1-2-3-4-7-15(24)10-12-18-17(19(23)14-20(18)25)9-6-5-8-16-11-13-21(28-16)22(26)27/h10-13,15,17-20,24-25H,2-9,14H2,1H3,(H,26,27)/b12-10+/t15?,17?,18-,19-,20-/m1/s1. The number of aliphatic hydroxyl groups excluding tert-OH is 2. The SMILES string of the molecule is CCCCCC(O)/C=C/[C@@H]1C(CCCCc2ccc(C(=O)O)s2)[C@H](Cl)C[C@H]1O. The lowest BCUT2D eigenvalue weighted by molar-refractivity contribution is 0.0702. The number of aryl methyl sites for hydroxylation is 1. The highest BCUT2D eigenvalue weighted by atomic mass is 35.5. The third-order valence-electron chi connectivity index (χ3n) is 5.61. The Morgan fingerprint density at radius 1 is 1.32 bits per heavy atom. The first-order valence-electron chi connectivity index (χ1n) is 10.4. The van der Waals surface area contributed by atoms with Crippen LogP contribution in [-0.4, -0.2) is 38.9 Å². The van der Waals surface area contributed by atoms with E-state index in [1.807, 2.05) is 18.2 Å². The number of alkyl halides is 1. The molecule has 0 saturated heterocycles. The highest BCUT2D eigenvalue weighted by Crippen LogP contribution is 2.40. The molecule has 1 aromatic heterocycles. The maximum absolute atomic E-state index is 11.0. The number of carbonyl (C=O) groups is 1. The Kier molecular flexibility index (Phi) is 10.00. The molecule has 1 aromatic rings. The van der Waals surface area contributed by atoms with Crippen LogP contribution in [0.5, 0.6) is 0 Å². The molecule has 0 aromatic carbocycles. The van der Waals surface area contributed by atoms with Crippen molar-refractivity contribution in [2.45, 2.75) is 82.3 Å². The number of thiophene rings is 1. The summed E-state index contributed by atoms with van der Waals surface area (Å²) in [4.78, 5) is 12.4. The van der Waals surface area contributed by atoms with Gasteiger partial charge in [-0.25, -0.2) is 4.79 Å². The van der Waals surface area contributed by atoms with Crippen LogP contribution in [0.3, 0.4) is 0 Å². The third kappa shape index (κ3) is 7.18. The lowest BCUT2D eigenvalue weighted by atomic mass is 9.88. The molecule has 0 spiro atoms. The predicted octanol–water partition coefficient (Wildman–Crippen LogP) is 5.26. The number of unbranched alkanes of at least 4 members (excludes halogenated alkanes) is 3. The van der Waals surface area contributed by atoms with Gasteiger partial charge >= 0.3 is 5.97 Å². The second-order valence-electron chi connectivity index (χ2n) is 7.83. The summed E-state index contributed by atoms with van der Waals surface area (Å²) in [5.41, 5.74) is 0. The molecular weight excluding hydrogens is 396 g/mol. The molecule has 1 saturated carbocycles. The molecule has 2 unspecified atom stereocenters. The summed E-state index contributed by atoms with van der Waals surface area (Å²) in [6, 6.07) is 3.56. The fraction of sp³-hybridized carbons (Fsp3) is 0.682. The van der Waals surface area contributed by atoms with Crippen LogP contribution >= 0.6 is 22.9 Å². The second-order valence-corrected chi connectivity index (χ2v) is 9.55. The Hall–Kier alpha value is -0.880. The fourth-order valence-corrected chi connectivity index (χ4v) is 5.36. The Balaban J connectivity index is 1.79. The molecule has 1 aliphatic rings. The van der Waals surface area contributed by atoms with E-state index in [4.69, 9.17) is 16.7 Å². The average Bonchev–Trinajstić information content (AvgIpc) is 3.22. The van der Waals surface area contributed by atoms with Crippen LogP contribution in [0.1, 0.15) is 72.8 Å². The maximum Gasteiger partial charge on any atom is 0.345 e. The molecule has 1 fully saturated rings. The van der Waals surface area contributed by atoms with E-state index in [1.54, 1.807) is 6.07 Å². The molecule has 0 bridgehead atoms. The Bertz CT molecular complexity index is 630. The van der Waals surface area contributed by atoms with Crippen LogP contribution in [0.15, 0.2) is 24.3 Å². The largest absolute Gasteiger partial charge is 0.477 e. The van der Waals surface area contributed by atoms with Gasteiger partial charge < -0.3 is 15.3 Å². The molecule has 0 amide bonds. The number of carboxylic acid groups (broad SMARTS) is 1. The molecule has 0 aliphatic heterocycles. The third-order valence-corrected chi connectivity index (χ3v) is 7.25. The summed E-state index contributed by atoms with van der Waals surface area (Å²) in [5.74, 6) is -0.648. The van der Waals surface area contributed by atoms with Crippen molar-refractivity contribution in [3.05, 3.63) is 34.0 Å². The molecule has 3 N–H and O–H groups in total. The van der Waals surface area contributed by atoms with E-state index in [-0.39, 0.29) is 17.2 Å². The van der Waals surface area contributed by atoms with Gasteiger partial charge in [0.15, 0.2) is 0 Å². The molecule has 5 atom stereocenters. The normalized spacial score (nSPS) is 26.1. The molecule has 0 radical (unpaired) electrons. The van der Waals surface area contributed by atoms with E-state index >= 15 is 0 Å². The zero-order valence-corrected chi connectivity index (χ0v) is 18.2. The van der Waals surface area contributed by atoms with Gasteiger partial charge in [-0.3, -0.25) is 0 Å². The average molecular weight is 429 g/mol. The smallest absolute Gasteiger partial charge is 0.345 e. The van der Waals surface area contributed by atoms with Crippen molar-refractivity contribution in [1.82, 2.24) is 0 Å². The lowest BCUT2D eigenvalue weighted by Gasteiger charge is -2.21. The second kappa shape index (κ2) is 12.0. The van der Waals surface area contributed by atoms with E-state index in [1.165, 1.54) is 11.3 Å². The fourth-order valence-electron chi connectivity index (χ4n) is 4.00. The van der Waals surface area contributed by atoms with Crippen molar-refractivity contribution in [3.63, 3.8) is 0 Å². The molecule has 4 nitrogen and oxygen atoms in total. The minimum Gasteiger partial charge on any atom is -0.477 e. The van der Waals surface area contributed by atoms with Crippen LogP contribution in [-0.2, 0) is 6.42 Å². The number of hydrogen-bond donors (Lipinski definition) is 3. The summed E-state index contributed by atoms with van der Waals surface area (Å²) in [5, 5.41) is 29.4. The molecule has 1 heterocycles. The minimum atomic E-state index is -0.868. The predicted molar refractivity (Wildman–Crippen MR) is 115 cm³/mol. The Morgan fingerprint density at radius 2 is 2.11 bits per heavy atom. The van der Waals surface area contributed by atoms with Crippen molar-refractivity contribution < 1.29 is 20.1 Å². The summed E-state index contributed by atoms with van der Waals surface area (Å²) < 4.78 is 0.